The van der Waals surface area contributed by atoms with E-state index in [-0.39, 0.29) is 31.1 Å². The third-order valence-electron chi connectivity index (χ3n) is 7.46. The molecular formula is C26H33Cl2N5O3S. The van der Waals surface area contributed by atoms with Crippen LogP contribution in [0.2, 0.25) is 5.02 Å². The Morgan fingerprint density at radius 3 is 2.57 bits per heavy atom. The number of carboxylic acid groups (broad SMARTS) is 1. The summed E-state index contributed by atoms with van der Waals surface area (Å²) in [5.74, 6) is -0.399. The lowest BCUT2D eigenvalue weighted by molar-refractivity contribution is -0.137. The Hall–Kier alpha value is -2.04. The van der Waals surface area contributed by atoms with Crippen molar-refractivity contribution in [1.29, 1.82) is 0 Å². The minimum atomic E-state index is -0.942. The number of halogens is 2. The maximum absolute atomic E-state index is 11.1. The van der Waals surface area contributed by atoms with Gasteiger partial charge in [-0.1, -0.05) is 28.9 Å². The SMILES string of the molecule is Cc1nc(C2CCC(N3C[C@H](c4cn(CC(=O)O)nn4)OC[C@@H]3Cc3ccc(Cl)cc3)CC2)sc1C.Cl. The van der Waals surface area contributed by atoms with E-state index in [9.17, 15) is 4.79 Å². The summed E-state index contributed by atoms with van der Waals surface area (Å²) in [6.07, 6.45) is 6.88. The van der Waals surface area contributed by atoms with Gasteiger partial charge in [-0.15, -0.1) is 28.8 Å². The molecule has 2 aliphatic rings. The van der Waals surface area contributed by atoms with Crippen molar-refractivity contribution in [2.24, 2.45) is 0 Å². The van der Waals surface area contributed by atoms with E-state index in [1.54, 1.807) is 6.20 Å². The van der Waals surface area contributed by atoms with E-state index in [2.05, 4.69) is 41.2 Å². The van der Waals surface area contributed by atoms with Gasteiger partial charge in [0.1, 0.15) is 18.3 Å². The summed E-state index contributed by atoms with van der Waals surface area (Å²) < 4.78 is 7.63. The van der Waals surface area contributed by atoms with Gasteiger partial charge in [-0.2, -0.15) is 0 Å². The zero-order valence-corrected chi connectivity index (χ0v) is 23.4. The van der Waals surface area contributed by atoms with E-state index in [1.807, 2.05) is 23.5 Å². The fourth-order valence-electron chi connectivity index (χ4n) is 5.41. The Kier molecular flexibility index (Phi) is 9.24. The van der Waals surface area contributed by atoms with Gasteiger partial charge in [0.25, 0.3) is 0 Å². The number of rotatable bonds is 7. The van der Waals surface area contributed by atoms with Crippen LogP contribution in [0.25, 0.3) is 0 Å². The number of hydrogen-bond acceptors (Lipinski definition) is 7. The minimum Gasteiger partial charge on any atom is -0.480 e. The first kappa shape index (κ1) is 28.0. The van der Waals surface area contributed by atoms with Gasteiger partial charge in [0.2, 0.25) is 0 Å². The highest BCUT2D eigenvalue weighted by atomic mass is 35.5. The molecule has 37 heavy (non-hydrogen) atoms. The molecule has 0 radical (unpaired) electrons. The highest BCUT2D eigenvalue weighted by Gasteiger charge is 2.37. The van der Waals surface area contributed by atoms with Crippen molar-refractivity contribution in [2.75, 3.05) is 13.2 Å². The Labute approximate surface area is 232 Å². The van der Waals surface area contributed by atoms with E-state index in [0.29, 0.717) is 24.3 Å². The highest BCUT2D eigenvalue weighted by molar-refractivity contribution is 7.11. The molecule has 1 saturated heterocycles. The first-order valence-electron chi connectivity index (χ1n) is 12.5. The second-order valence-corrected chi connectivity index (χ2v) is 11.6. The normalized spacial score (nSPS) is 24.5. The summed E-state index contributed by atoms with van der Waals surface area (Å²) >= 11 is 7.96. The smallest absolute Gasteiger partial charge is 0.325 e. The lowest BCUT2D eigenvalue weighted by atomic mass is 9.84. The van der Waals surface area contributed by atoms with Crippen LogP contribution in [0.3, 0.4) is 0 Å². The predicted molar refractivity (Wildman–Crippen MR) is 146 cm³/mol. The summed E-state index contributed by atoms with van der Waals surface area (Å²) in [4.78, 5) is 19.8. The van der Waals surface area contributed by atoms with Gasteiger partial charge in [0, 0.05) is 34.4 Å². The van der Waals surface area contributed by atoms with E-state index >= 15 is 0 Å². The number of nitrogens with zero attached hydrogens (tertiary/aromatic N) is 5. The van der Waals surface area contributed by atoms with Crippen molar-refractivity contribution in [3.05, 3.63) is 62.3 Å². The molecule has 200 valence electrons. The largest absolute Gasteiger partial charge is 0.480 e. The lowest BCUT2D eigenvalue weighted by Crippen LogP contribution is -2.53. The van der Waals surface area contributed by atoms with Crippen molar-refractivity contribution in [3.8, 4) is 0 Å². The molecule has 1 aromatic carbocycles. The zero-order valence-electron chi connectivity index (χ0n) is 21.0. The second-order valence-electron chi connectivity index (χ2n) is 9.94. The van der Waals surface area contributed by atoms with Gasteiger partial charge < -0.3 is 9.84 Å². The van der Waals surface area contributed by atoms with Crippen LogP contribution in [-0.4, -0.2) is 61.2 Å². The molecular weight excluding hydrogens is 533 g/mol. The number of ether oxygens (including phenoxy) is 1. The molecule has 1 aliphatic heterocycles. The average molecular weight is 567 g/mol. The van der Waals surface area contributed by atoms with Gasteiger partial charge in [-0.05, 0) is 63.6 Å². The first-order valence-corrected chi connectivity index (χ1v) is 13.7. The highest BCUT2D eigenvalue weighted by Crippen LogP contribution is 2.39. The van der Waals surface area contributed by atoms with Gasteiger partial charge in [-0.25, -0.2) is 9.67 Å². The van der Waals surface area contributed by atoms with Crippen LogP contribution in [0.1, 0.15) is 64.5 Å². The predicted octanol–water partition coefficient (Wildman–Crippen LogP) is 5.22. The third-order valence-corrected chi connectivity index (χ3v) is 8.95. The van der Waals surface area contributed by atoms with Crippen LogP contribution in [-0.2, 0) is 22.5 Å². The molecule has 8 nitrogen and oxygen atoms in total. The van der Waals surface area contributed by atoms with E-state index in [0.717, 1.165) is 49.4 Å². The number of carboxylic acids is 1. The van der Waals surface area contributed by atoms with Crippen LogP contribution in [0.5, 0.6) is 0 Å². The van der Waals surface area contributed by atoms with Crippen LogP contribution < -0.4 is 0 Å². The minimum absolute atomic E-state index is 0. The fourth-order valence-corrected chi connectivity index (χ4v) is 6.63. The number of benzene rings is 1. The molecule has 0 bridgehead atoms. The second kappa shape index (κ2) is 12.2. The monoisotopic (exact) mass is 565 g/mol. The van der Waals surface area contributed by atoms with Crippen molar-refractivity contribution < 1.29 is 14.6 Å². The number of aliphatic carboxylic acids is 1. The number of aromatic nitrogens is 4. The number of aryl methyl sites for hydroxylation is 2. The van der Waals surface area contributed by atoms with Crippen molar-refractivity contribution in [2.45, 2.75) is 76.6 Å². The Morgan fingerprint density at radius 2 is 1.92 bits per heavy atom. The van der Waals surface area contributed by atoms with Crippen molar-refractivity contribution in [1.82, 2.24) is 24.9 Å². The Bertz CT molecular complexity index is 1170. The molecule has 1 N–H and O–H groups in total. The van der Waals surface area contributed by atoms with Crippen molar-refractivity contribution in [3.63, 3.8) is 0 Å². The van der Waals surface area contributed by atoms with Gasteiger partial charge in [0.15, 0.2) is 0 Å². The number of hydrogen-bond donors (Lipinski definition) is 1. The van der Waals surface area contributed by atoms with Crippen LogP contribution in [0, 0.1) is 13.8 Å². The number of carbonyl (C=O) groups is 1. The third kappa shape index (κ3) is 6.70. The molecule has 2 aromatic heterocycles. The van der Waals surface area contributed by atoms with Crippen LogP contribution in [0.4, 0.5) is 0 Å². The summed E-state index contributed by atoms with van der Waals surface area (Å²) in [6, 6.07) is 8.78. The number of morpholine rings is 1. The maximum atomic E-state index is 11.1. The van der Waals surface area contributed by atoms with Gasteiger partial charge in [-0.3, -0.25) is 9.69 Å². The number of thiazole rings is 1. The summed E-state index contributed by atoms with van der Waals surface area (Å²) in [6.45, 7) is 5.36. The summed E-state index contributed by atoms with van der Waals surface area (Å²) in [5.41, 5.74) is 3.09. The van der Waals surface area contributed by atoms with Crippen LogP contribution >= 0.6 is 35.3 Å². The van der Waals surface area contributed by atoms with Gasteiger partial charge in [0.05, 0.1) is 23.5 Å². The topological polar surface area (TPSA) is 93.4 Å². The molecule has 5 rings (SSSR count). The molecule has 1 aliphatic carbocycles. The molecule has 3 aromatic rings. The lowest BCUT2D eigenvalue weighted by Gasteiger charge is -2.46. The molecule has 3 heterocycles. The first-order chi connectivity index (χ1) is 17.4. The fraction of sp³-hybridized carbons (Fsp3) is 0.538. The van der Waals surface area contributed by atoms with Gasteiger partial charge >= 0.3 is 5.97 Å². The summed E-state index contributed by atoms with van der Waals surface area (Å²) in [7, 11) is 0. The Morgan fingerprint density at radius 1 is 1.19 bits per heavy atom. The molecule has 0 spiro atoms. The zero-order chi connectivity index (χ0) is 25.2. The van der Waals surface area contributed by atoms with Crippen LogP contribution in [0.15, 0.2) is 30.5 Å². The molecule has 1 saturated carbocycles. The molecule has 2 fully saturated rings. The molecule has 2 atom stereocenters. The summed E-state index contributed by atoms with van der Waals surface area (Å²) in [5, 5.41) is 19.3. The molecule has 0 unspecified atom stereocenters. The maximum Gasteiger partial charge on any atom is 0.325 e. The van der Waals surface area contributed by atoms with Crippen molar-refractivity contribution >= 4 is 41.3 Å². The molecule has 11 heteroatoms. The quantitative estimate of drug-likeness (QED) is 0.419. The standard InChI is InChI=1S/C26H32ClN5O3S.ClH/c1-16-17(2)36-26(28-16)19-5-9-21(10-6-19)32-13-24(23-12-31(30-29-23)14-25(33)34)35-15-22(32)11-18-3-7-20(27)8-4-18;/h3-4,7-8,12,19,21-22,24H,5-6,9-11,13-15H2,1-2H3,(H,33,34);1H/t19?,21?,22-,24+;/m0./s1. The van der Waals surface area contributed by atoms with E-state index in [1.165, 1.54) is 20.1 Å². The molecule has 0 amide bonds. The average Bonchev–Trinajstić information content (AvgIpc) is 3.46. The Balaban J connectivity index is 0.00000320. The van der Waals surface area contributed by atoms with E-state index < -0.39 is 5.97 Å². The van der Waals surface area contributed by atoms with E-state index in [4.69, 9.17) is 26.4 Å².